The quantitative estimate of drug-likeness (QED) is 0.615. The third-order valence-electron chi connectivity index (χ3n) is 3.69. The number of hydrogen-bond donors (Lipinski definition) is 2. The zero-order valence-corrected chi connectivity index (χ0v) is 11.2. The molecule has 100 valence electrons. The molecule has 2 atom stereocenters. The molecule has 1 aliphatic heterocycles. The maximum absolute atomic E-state index is 5.53. The second-order valence-electron chi connectivity index (χ2n) is 4.80. The van der Waals surface area contributed by atoms with Crippen LogP contribution >= 0.6 is 0 Å². The van der Waals surface area contributed by atoms with Gasteiger partial charge in [0.15, 0.2) is 0 Å². The number of aromatic nitrogens is 2. The molecule has 1 fully saturated rings. The van der Waals surface area contributed by atoms with Gasteiger partial charge in [0.25, 0.3) is 0 Å². The van der Waals surface area contributed by atoms with Crippen LogP contribution in [0.5, 0.6) is 0 Å². The highest BCUT2D eigenvalue weighted by atomic mass is 16.5. The number of hydrazine groups is 1. The highest BCUT2D eigenvalue weighted by Crippen LogP contribution is 2.27. The third kappa shape index (κ3) is 2.39. The third-order valence-corrected chi connectivity index (χ3v) is 3.69. The summed E-state index contributed by atoms with van der Waals surface area (Å²) in [6.07, 6.45) is 2.90. The molecule has 0 aliphatic carbocycles. The molecule has 0 spiro atoms. The molecule has 0 saturated carbocycles. The first kappa shape index (κ1) is 13.0. The number of nitrogen functional groups attached to an aromatic ring is 1. The van der Waals surface area contributed by atoms with Crippen LogP contribution in [0.1, 0.15) is 18.9 Å². The summed E-state index contributed by atoms with van der Waals surface area (Å²) in [7, 11) is 1.77. The topological polar surface area (TPSA) is 76.3 Å². The van der Waals surface area contributed by atoms with Crippen molar-refractivity contribution in [2.24, 2.45) is 11.8 Å². The second-order valence-corrected chi connectivity index (χ2v) is 4.80. The Morgan fingerprint density at radius 1 is 1.50 bits per heavy atom. The summed E-state index contributed by atoms with van der Waals surface area (Å²) in [4.78, 5) is 10.7. The zero-order chi connectivity index (χ0) is 13.1. The normalized spacial score (nSPS) is 24.1. The summed E-state index contributed by atoms with van der Waals surface area (Å²) in [5.74, 6) is 7.64. The minimum Gasteiger partial charge on any atom is -0.379 e. The molecule has 1 saturated heterocycles. The number of nitrogens with one attached hydrogen (secondary N) is 1. The van der Waals surface area contributed by atoms with Gasteiger partial charge in [-0.1, -0.05) is 6.92 Å². The van der Waals surface area contributed by atoms with E-state index in [4.69, 9.17) is 10.6 Å². The molecule has 0 bridgehead atoms. The van der Waals surface area contributed by atoms with Gasteiger partial charge in [0, 0.05) is 25.8 Å². The molecule has 3 N–H and O–H groups in total. The van der Waals surface area contributed by atoms with E-state index in [-0.39, 0.29) is 6.10 Å². The molecule has 0 radical (unpaired) electrons. The van der Waals surface area contributed by atoms with Crippen molar-refractivity contribution in [2.45, 2.75) is 26.4 Å². The smallest absolute Gasteiger partial charge is 0.148 e. The Hall–Kier alpha value is -1.40. The molecule has 0 amide bonds. The Kier molecular flexibility index (Phi) is 3.98. The summed E-state index contributed by atoms with van der Waals surface area (Å²) in [6, 6.07) is 0. The molecule has 0 aromatic carbocycles. The van der Waals surface area contributed by atoms with Crippen LogP contribution in [0.15, 0.2) is 6.33 Å². The van der Waals surface area contributed by atoms with Crippen LogP contribution in [0, 0.1) is 12.8 Å². The number of nitrogens with zero attached hydrogens (tertiary/aromatic N) is 3. The van der Waals surface area contributed by atoms with Gasteiger partial charge in [-0.15, -0.1) is 0 Å². The Morgan fingerprint density at radius 3 is 2.94 bits per heavy atom. The number of methoxy groups -OCH3 is 1. The van der Waals surface area contributed by atoms with Crippen LogP contribution in [0.3, 0.4) is 0 Å². The summed E-state index contributed by atoms with van der Waals surface area (Å²) < 4.78 is 5.53. The van der Waals surface area contributed by atoms with Gasteiger partial charge >= 0.3 is 0 Å². The number of piperidine rings is 1. The monoisotopic (exact) mass is 251 g/mol. The van der Waals surface area contributed by atoms with Crippen LogP contribution in [0.25, 0.3) is 0 Å². The standard InChI is InChI=1S/C12H21N5O/c1-8-4-5-17(6-10(8)18-3)12-9(2)11(16-13)14-7-15-12/h7-8,10H,4-6,13H2,1-3H3,(H,14,15,16). The van der Waals surface area contributed by atoms with Gasteiger partial charge in [0.05, 0.1) is 6.10 Å². The molecule has 18 heavy (non-hydrogen) atoms. The summed E-state index contributed by atoms with van der Waals surface area (Å²) >= 11 is 0. The van der Waals surface area contributed by atoms with E-state index in [0.29, 0.717) is 11.7 Å². The van der Waals surface area contributed by atoms with Crippen molar-refractivity contribution < 1.29 is 4.74 Å². The Balaban J connectivity index is 2.21. The van der Waals surface area contributed by atoms with Crippen molar-refractivity contribution in [3.05, 3.63) is 11.9 Å². The van der Waals surface area contributed by atoms with E-state index in [1.807, 2.05) is 6.92 Å². The average molecular weight is 251 g/mol. The molecular weight excluding hydrogens is 230 g/mol. The lowest BCUT2D eigenvalue weighted by Crippen LogP contribution is -2.44. The fraction of sp³-hybridized carbons (Fsp3) is 0.667. The molecule has 2 rings (SSSR count). The summed E-state index contributed by atoms with van der Waals surface area (Å²) in [6.45, 7) is 6.05. The number of anilines is 2. The van der Waals surface area contributed by atoms with Gasteiger partial charge in [-0.3, -0.25) is 0 Å². The highest BCUT2D eigenvalue weighted by Gasteiger charge is 2.27. The van der Waals surface area contributed by atoms with Crippen molar-refractivity contribution in [2.75, 3.05) is 30.5 Å². The number of ether oxygens (including phenoxy) is 1. The van der Waals surface area contributed by atoms with Gasteiger partial charge in [0.2, 0.25) is 0 Å². The zero-order valence-electron chi connectivity index (χ0n) is 11.2. The molecule has 6 nitrogen and oxygen atoms in total. The van der Waals surface area contributed by atoms with Crippen LogP contribution in [0.4, 0.5) is 11.6 Å². The molecule has 2 heterocycles. The lowest BCUT2D eigenvalue weighted by molar-refractivity contribution is 0.0496. The van der Waals surface area contributed by atoms with Crippen molar-refractivity contribution in [3.63, 3.8) is 0 Å². The van der Waals surface area contributed by atoms with E-state index in [0.717, 1.165) is 30.9 Å². The van der Waals surface area contributed by atoms with Crippen LogP contribution in [-0.2, 0) is 4.74 Å². The maximum atomic E-state index is 5.53. The summed E-state index contributed by atoms with van der Waals surface area (Å²) in [5, 5.41) is 0. The van der Waals surface area contributed by atoms with Gasteiger partial charge in [-0.05, 0) is 19.3 Å². The first-order valence-corrected chi connectivity index (χ1v) is 6.23. The van der Waals surface area contributed by atoms with Crippen LogP contribution < -0.4 is 16.2 Å². The predicted octanol–water partition coefficient (Wildman–Crippen LogP) is 0.932. The molecule has 2 unspecified atom stereocenters. The predicted molar refractivity (Wildman–Crippen MR) is 71.4 cm³/mol. The van der Waals surface area contributed by atoms with Crippen molar-refractivity contribution in [1.82, 2.24) is 9.97 Å². The average Bonchev–Trinajstić information content (AvgIpc) is 2.40. The molecule has 6 heteroatoms. The Bertz CT molecular complexity index is 411. The van der Waals surface area contributed by atoms with E-state index in [2.05, 4.69) is 27.2 Å². The number of hydrogen-bond acceptors (Lipinski definition) is 6. The van der Waals surface area contributed by atoms with E-state index >= 15 is 0 Å². The first-order valence-electron chi connectivity index (χ1n) is 6.23. The van der Waals surface area contributed by atoms with E-state index < -0.39 is 0 Å². The van der Waals surface area contributed by atoms with Crippen molar-refractivity contribution >= 4 is 11.6 Å². The number of nitrogens with two attached hydrogens (primary N) is 1. The van der Waals surface area contributed by atoms with Crippen molar-refractivity contribution in [1.29, 1.82) is 0 Å². The minimum absolute atomic E-state index is 0.252. The lowest BCUT2D eigenvalue weighted by atomic mass is 9.95. The molecule has 1 aliphatic rings. The molecular formula is C12H21N5O. The first-order chi connectivity index (χ1) is 8.67. The van der Waals surface area contributed by atoms with E-state index in [1.54, 1.807) is 7.11 Å². The summed E-state index contributed by atoms with van der Waals surface area (Å²) in [5.41, 5.74) is 3.58. The molecule has 1 aromatic rings. The maximum Gasteiger partial charge on any atom is 0.148 e. The Morgan fingerprint density at radius 2 is 2.28 bits per heavy atom. The van der Waals surface area contributed by atoms with E-state index in [1.165, 1.54) is 6.33 Å². The van der Waals surface area contributed by atoms with Gasteiger partial charge in [0.1, 0.15) is 18.0 Å². The van der Waals surface area contributed by atoms with Gasteiger partial charge < -0.3 is 15.1 Å². The number of rotatable bonds is 3. The van der Waals surface area contributed by atoms with Crippen molar-refractivity contribution in [3.8, 4) is 0 Å². The Labute approximate surface area is 108 Å². The van der Waals surface area contributed by atoms with Crippen LogP contribution in [0.2, 0.25) is 0 Å². The second kappa shape index (κ2) is 5.49. The highest BCUT2D eigenvalue weighted by molar-refractivity contribution is 5.57. The SMILES string of the molecule is COC1CN(c2ncnc(NN)c2C)CCC1C. The van der Waals surface area contributed by atoms with Crippen LogP contribution in [-0.4, -0.2) is 36.3 Å². The fourth-order valence-electron chi connectivity index (χ4n) is 2.44. The van der Waals surface area contributed by atoms with Gasteiger partial charge in [-0.25, -0.2) is 15.8 Å². The lowest BCUT2D eigenvalue weighted by Gasteiger charge is -2.37. The van der Waals surface area contributed by atoms with Gasteiger partial charge in [-0.2, -0.15) is 0 Å². The largest absolute Gasteiger partial charge is 0.379 e. The van der Waals surface area contributed by atoms with E-state index in [9.17, 15) is 0 Å². The minimum atomic E-state index is 0.252. The fourth-order valence-corrected chi connectivity index (χ4v) is 2.44. The molecule has 1 aromatic heterocycles.